The molecular weight excluding hydrogens is 260 g/mol. The normalized spacial score (nSPS) is 17.7. The molecule has 0 bridgehead atoms. The Morgan fingerprint density at radius 1 is 1.30 bits per heavy atom. The van der Waals surface area contributed by atoms with E-state index >= 15 is 0 Å². The molecule has 6 heteroatoms. The van der Waals surface area contributed by atoms with Crippen LogP contribution in [0.15, 0.2) is 30.3 Å². The van der Waals surface area contributed by atoms with Crippen LogP contribution in [-0.2, 0) is 14.4 Å². The van der Waals surface area contributed by atoms with Crippen LogP contribution in [0.2, 0.25) is 0 Å². The number of nitrogens with one attached hydrogen (secondary N) is 2. The van der Waals surface area contributed by atoms with E-state index in [1.807, 2.05) is 30.3 Å². The van der Waals surface area contributed by atoms with Gasteiger partial charge in [-0.2, -0.15) is 0 Å². The molecule has 1 aliphatic rings. The minimum atomic E-state index is -0.731. The monoisotopic (exact) mass is 276 g/mol. The molecule has 1 heterocycles. The Balaban J connectivity index is 1.63. The Labute approximate surface area is 116 Å². The zero-order valence-corrected chi connectivity index (χ0v) is 10.9. The second-order valence-electron chi connectivity index (χ2n) is 4.50. The predicted octanol–water partition coefficient (Wildman–Crippen LogP) is 0.377. The lowest BCUT2D eigenvalue weighted by Gasteiger charge is -2.09. The minimum Gasteiger partial charge on any atom is -0.494 e. The molecule has 0 saturated carbocycles. The number of carbonyl (C=O) groups is 3. The molecule has 2 rings (SSSR count). The van der Waals surface area contributed by atoms with E-state index in [0.717, 1.165) is 5.75 Å². The molecule has 0 aromatic heterocycles. The fourth-order valence-electron chi connectivity index (χ4n) is 1.88. The molecule has 6 nitrogen and oxygen atoms in total. The van der Waals surface area contributed by atoms with Crippen LogP contribution in [0, 0.1) is 0 Å². The maximum Gasteiger partial charge on any atom is 0.249 e. The number of amides is 3. The number of imide groups is 1. The van der Waals surface area contributed by atoms with Gasteiger partial charge in [-0.3, -0.25) is 19.7 Å². The van der Waals surface area contributed by atoms with Crippen LogP contribution in [0.4, 0.5) is 0 Å². The lowest BCUT2D eigenvalue weighted by atomic mass is 10.2. The molecule has 106 valence electrons. The highest BCUT2D eigenvalue weighted by Crippen LogP contribution is 2.09. The molecule has 0 spiro atoms. The van der Waals surface area contributed by atoms with Crippen LogP contribution >= 0.6 is 0 Å². The Morgan fingerprint density at radius 2 is 2.05 bits per heavy atom. The SMILES string of the molecule is O=C1CC(NC(=O)CCCOc2ccccc2)C(=O)N1. The summed E-state index contributed by atoms with van der Waals surface area (Å²) in [7, 11) is 0. The van der Waals surface area contributed by atoms with Gasteiger partial charge in [-0.1, -0.05) is 18.2 Å². The van der Waals surface area contributed by atoms with Crippen LogP contribution in [-0.4, -0.2) is 30.4 Å². The molecule has 20 heavy (non-hydrogen) atoms. The van der Waals surface area contributed by atoms with Crippen LogP contribution in [0.5, 0.6) is 5.75 Å². The Kier molecular flexibility index (Phi) is 4.70. The highest BCUT2D eigenvalue weighted by atomic mass is 16.5. The number of ether oxygens (including phenoxy) is 1. The van der Waals surface area contributed by atoms with Gasteiger partial charge in [0.15, 0.2) is 0 Å². The largest absolute Gasteiger partial charge is 0.494 e. The number of rotatable bonds is 6. The summed E-state index contributed by atoms with van der Waals surface area (Å²) in [6.45, 7) is 0.424. The van der Waals surface area contributed by atoms with Crippen molar-refractivity contribution in [2.75, 3.05) is 6.61 Å². The molecule has 1 aromatic rings. The van der Waals surface area contributed by atoms with Crippen LogP contribution in [0.25, 0.3) is 0 Å². The highest BCUT2D eigenvalue weighted by molar-refractivity contribution is 6.06. The number of hydrogen-bond donors (Lipinski definition) is 2. The van der Waals surface area contributed by atoms with Crippen molar-refractivity contribution < 1.29 is 19.1 Å². The smallest absolute Gasteiger partial charge is 0.249 e. The molecule has 1 unspecified atom stereocenters. The van der Waals surface area contributed by atoms with Crippen molar-refractivity contribution in [2.45, 2.75) is 25.3 Å². The lowest BCUT2D eigenvalue weighted by Crippen LogP contribution is -2.40. The molecule has 1 aromatic carbocycles. The van der Waals surface area contributed by atoms with E-state index in [1.54, 1.807) is 0 Å². The predicted molar refractivity (Wildman–Crippen MR) is 70.9 cm³/mol. The number of benzene rings is 1. The lowest BCUT2D eigenvalue weighted by molar-refractivity contribution is -0.128. The highest BCUT2D eigenvalue weighted by Gasteiger charge is 2.31. The number of para-hydroxylation sites is 1. The molecule has 1 atom stereocenters. The summed E-state index contributed by atoms with van der Waals surface area (Å²) in [5.74, 6) is -0.290. The van der Waals surface area contributed by atoms with E-state index in [1.165, 1.54) is 0 Å². The fraction of sp³-hybridized carbons (Fsp3) is 0.357. The molecule has 2 N–H and O–H groups in total. The topological polar surface area (TPSA) is 84.5 Å². The van der Waals surface area contributed by atoms with E-state index < -0.39 is 11.9 Å². The van der Waals surface area contributed by atoms with E-state index in [-0.39, 0.29) is 24.7 Å². The summed E-state index contributed by atoms with van der Waals surface area (Å²) in [6, 6.07) is 8.59. The third-order valence-electron chi connectivity index (χ3n) is 2.86. The van der Waals surface area contributed by atoms with Gasteiger partial charge in [0.1, 0.15) is 11.8 Å². The van der Waals surface area contributed by atoms with Gasteiger partial charge in [0.2, 0.25) is 17.7 Å². The first kappa shape index (κ1) is 14.0. The summed E-state index contributed by atoms with van der Waals surface area (Å²) < 4.78 is 5.45. The maximum absolute atomic E-state index is 11.6. The summed E-state index contributed by atoms with van der Waals surface area (Å²) in [6.07, 6.45) is 0.818. The van der Waals surface area contributed by atoms with Crippen LogP contribution in [0.3, 0.4) is 0 Å². The van der Waals surface area contributed by atoms with Gasteiger partial charge in [0.25, 0.3) is 0 Å². The van der Waals surface area contributed by atoms with Gasteiger partial charge in [-0.05, 0) is 18.6 Å². The van der Waals surface area contributed by atoms with Gasteiger partial charge in [0.05, 0.1) is 13.0 Å². The molecule has 1 fully saturated rings. The standard InChI is InChI=1S/C14H16N2O4/c17-12(15-11-9-13(18)16-14(11)19)7-4-8-20-10-5-2-1-3-6-10/h1-3,5-6,11H,4,7-9H2,(H,15,17)(H,16,18,19). The zero-order chi connectivity index (χ0) is 14.4. The van der Waals surface area contributed by atoms with Crippen molar-refractivity contribution in [2.24, 2.45) is 0 Å². The third kappa shape index (κ3) is 4.08. The first-order valence-corrected chi connectivity index (χ1v) is 6.46. The number of carbonyl (C=O) groups excluding carboxylic acids is 3. The van der Waals surface area contributed by atoms with Gasteiger partial charge >= 0.3 is 0 Å². The molecule has 1 aliphatic heterocycles. The minimum absolute atomic E-state index is 0.0189. The van der Waals surface area contributed by atoms with Gasteiger partial charge in [-0.15, -0.1) is 0 Å². The third-order valence-corrected chi connectivity index (χ3v) is 2.86. The fourth-order valence-corrected chi connectivity index (χ4v) is 1.88. The summed E-state index contributed by atoms with van der Waals surface area (Å²) >= 11 is 0. The summed E-state index contributed by atoms with van der Waals surface area (Å²) in [5, 5.41) is 4.67. The van der Waals surface area contributed by atoms with Crippen molar-refractivity contribution in [3.8, 4) is 5.75 Å². The summed E-state index contributed by atoms with van der Waals surface area (Å²) in [5.41, 5.74) is 0. The second kappa shape index (κ2) is 6.70. The van der Waals surface area contributed by atoms with Gasteiger partial charge in [0, 0.05) is 6.42 Å². The van der Waals surface area contributed by atoms with Gasteiger partial charge < -0.3 is 10.1 Å². The van der Waals surface area contributed by atoms with E-state index in [0.29, 0.717) is 13.0 Å². The summed E-state index contributed by atoms with van der Waals surface area (Å²) in [4.78, 5) is 33.8. The number of hydrogen-bond acceptors (Lipinski definition) is 4. The quantitative estimate of drug-likeness (QED) is 0.581. The van der Waals surface area contributed by atoms with Crippen LogP contribution in [0.1, 0.15) is 19.3 Å². The maximum atomic E-state index is 11.6. The zero-order valence-electron chi connectivity index (χ0n) is 10.9. The van der Waals surface area contributed by atoms with Crippen LogP contribution < -0.4 is 15.4 Å². The Hall–Kier alpha value is -2.37. The van der Waals surface area contributed by atoms with E-state index in [9.17, 15) is 14.4 Å². The average Bonchev–Trinajstić information content (AvgIpc) is 2.74. The first-order valence-electron chi connectivity index (χ1n) is 6.46. The van der Waals surface area contributed by atoms with Crippen molar-refractivity contribution in [1.82, 2.24) is 10.6 Å². The molecule has 0 aliphatic carbocycles. The average molecular weight is 276 g/mol. The van der Waals surface area contributed by atoms with Crippen molar-refractivity contribution >= 4 is 17.7 Å². The Morgan fingerprint density at radius 3 is 2.70 bits per heavy atom. The Bertz CT molecular complexity index is 501. The molecule has 0 radical (unpaired) electrons. The van der Waals surface area contributed by atoms with Crippen molar-refractivity contribution in [3.63, 3.8) is 0 Å². The molecular formula is C14H16N2O4. The van der Waals surface area contributed by atoms with Gasteiger partial charge in [-0.25, -0.2) is 0 Å². The van der Waals surface area contributed by atoms with Crippen molar-refractivity contribution in [3.05, 3.63) is 30.3 Å². The van der Waals surface area contributed by atoms with E-state index in [4.69, 9.17) is 4.74 Å². The molecule has 3 amide bonds. The van der Waals surface area contributed by atoms with E-state index in [2.05, 4.69) is 10.6 Å². The first-order chi connectivity index (χ1) is 9.65. The molecule has 1 saturated heterocycles. The second-order valence-corrected chi connectivity index (χ2v) is 4.50. The van der Waals surface area contributed by atoms with Crippen molar-refractivity contribution in [1.29, 1.82) is 0 Å².